The predicted molar refractivity (Wildman–Crippen MR) is 113 cm³/mol. The maximum Gasteiger partial charge on any atom is 0.416 e. The summed E-state index contributed by atoms with van der Waals surface area (Å²) in [4.78, 5) is 24.6. The molecule has 1 saturated carbocycles. The third-order valence-corrected chi connectivity index (χ3v) is 6.02. The normalized spacial score (nSPS) is 18.9. The van der Waals surface area contributed by atoms with Gasteiger partial charge in [-0.2, -0.15) is 18.3 Å². The lowest BCUT2D eigenvalue weighted by Gasteiger charge is -2.29. The second-order valence-corrected chi connectivity index (χ2v) is 8.44. The highest BCUT2D eigenvalue weighted by Gasteiger charge is 2.32. The molecule has 174 valence electrons. The number of hydrogen-bond donors (Lipinski definition) is 1. The third-order valence-electron chi connectivity index (χ3n) is 5.42. The highest BCUT2D eigenvalue weighted by atomic mass is 35.5. The smallest absolute Gasteiger partial charge is 0.416 e. The molecule has 32 heavy (non-hydrogen) atoms. The highest BCUT2D eigenvalue weighted by Crippen LogP contribution is 2.32. The molecule has 1 aliphatic rings. The summed E-state index contributed by atoms with van der Waals surface area (Å²) in [6, 6.07) is 2.50. The molecule has 1 aromatic carbocycles. The van der Waals surface area contributed by atoms with Crippen LogP contribution in [0, 0.1) is 5.92 Å². The van der Waals surface area contributed by atoms with Crippen molar-refractivity contribution in [2.45, 2.75) is 51.4 Å². The molecule has 0 bridgehead atoms. The van der Waals surface area contributed by atoms with E-state index in [1.54, 1.807) is 6.92 Å². The van der Waals surface area contributed by atoms with Gasteiger partial charge in [-0.3, -0.25) is 9.48 Å². The number of nitrogens with one attached hydrogen (secondary N) is 1. The topological polar surface area (TPSA) is 73.2 Å². The van der Waals surface area contributed by atoms with Crippen molar-refractivity contribution < 1.29 is 27.5 Å². The van der Waals surface area contributed by atoms with Crippen molar-refractivity contribution in [2.75, 3.05) is 6.61 Å². The lowest BCUT2D eigenvalue weighted by Crippen LogP contribution is -2.38. The Balaban J connectivity index is 1.58. The van der Waals surface area contributed by atoms with Gasteiger partial charge in [-0.05, 0) is 56.7 Å². The van der Waals surface area contributed by atoms with Crippen molar-refractivity contribution in [1.29, 1.82) is 0 Å². The van der Waals surface area contributed by atoms with E-state index >= 15 is 0 Å². The Morgan fingerprint density at radius 1 is 1.19 bits per heavy atom. The minimum Gasteiger partial charge on any atom is -0.461 e. The Bertz CT molecular complexity index is 986. The first-order valence-electron chi connectivity index (χ1n) is 10.2. The van der Waals surface area contributed by atoms with Crippen LogP contribution >= 0.6 is 23.2 Å². The molecular weight excluding hydrogens is 470 g/mol. The maximum atomic E-state index is 12.9. The molecule has 1 fully saturated rings. The van der Waals surface area contributed by atoms with Crippen LogP contribution in [0.4, 0.5) is 13.2 Å². The number of amides is 1. The number of carbonyl (C=O) groups excluding carboxylic acids is 2. The van der Waals surface area contributed by atoms with E-state index in [4.69, 9.17) is 27.9 Å². The average Bonchev–Trinajstić information content (AvgIpc) is 3.09. The standard InChI is InChI=1S/C21H22Cl2F3N3O3/c1-2-32-20(31)18-17(23)10-27-29(18)11-12-3-6-14(7-4-12)28-19(30)15-9-13(21(24,25)26)5-8-16(15)22/h5,8-10,12,14H,2-4,6-7,11H2,1H3,(H,28,30)/t12-,14-. The molecule has 0 aliphatic heterocycles. The van der Waals surface area contributed by atoms with E-state index < -0.39 is 23.6 Å². The number of benzene rings is 1. The van der Waals surface area contributed by atoms with E-state index in [2.05, 4.69) is 10.4 Å². The van der Waals surface area contributed by atoms with Gasteiger partial charge in [0.1, 0.15) is 0 Å². The predicted octanol–water partition coefficient (Wildman–Crippen LogP) is 5.37. The Morgan fingerprint density at radius 2 is 1.88 bits per heavy atom. The second-order valence-electron chi connectivity index (χ2n) is 7.63. The third kappa shape index (κ3) is 5.75. The molecular formula is C21H22Cl2F3N3O3. The minimum atomic E-state index is -4.56. The SMILES string of the molecule is CCOC(=O)c1c(Cl)cnn1C[C@H]1CC[C@H](NC(=O)c2cc(C(F)(F)F)ccc2Cl)CC1. The van der Waals surface area contributed by atoms with Crippen LogP contribution in [0.5, 0.6) is 0 Å². The number of halogens is 5. The number of nitrogens with zero attached hydrogens (tertiary/aromatic N) is 2. The summed E-state index contributed by atoms with van der Waals surface area (Å²) in [5.74, 6) is -0.966. The van der Waals surface area contributed by atoms with Gasteiger partial charge < -0.3 is 10.1 Å². The fourth-order valence-electron chi connectivity index (χ4n) is 3.78. The van der Waals surface area contributed by atoms with Gasteiger partial charge in [0.25, 0.3) is 5.91 Å². The molecule has 0 spiro atoms. The summed E-state index contributed by atoms with van der Waals surface area (Å²) < 4.78 is 45.4. The quantitative estimate of drug-likeness (QED) is 0.551. The number of carbonyl (C=O) groups is 2. The van der Waals surface area contributed by atoms with Crippen LogP contribution in [-0.4, -0.2) is 34.3 Å². The molecule has 0 atom stereocenters. The van der Waals surface area contributed by atoms with Crippen LogP contribution in [0.2, 0.25) is 10.0 Å². The van der Waals surface area contributed by atoms with E-state index in [1.165, 1.54) is 10.9 Å². The summed E-state index contributed by atoms with van der Waals surface area (Å²) in [7, 11) is 0. The second kappa shape index (κ2) is 10.1. The Morgan fingerprint density at radius 3 is 2.50 bits per heavy atom. The number of aromatic nitrogens is 2. The molecule has 11 heteroatoms. The van der Waals surface area contributed by atoms with Crippen molar-refractivity contribution in [2.24, 2.45) is 5.92 Å². The van der Waals surface area contributed by atoms with Crippen LogP contribution in [0.1, 0.15) is 59.0 Å². The van der Waals surface area contributed by atoms with E-state index in [1.807, 2.05) is 0 Å². The van der Waals surface area contributed by atoms with Crippen molar-refractivity contribution in [3.8, 4) is 0 Å². The largest absolute Gasteiger partial charge is 0.461 e. The maximum absolute atomic E-state index is 12.9. The highest BCUT2D eigenvalue weighted by molar-refractivity contribution is 6.34. The van der Waals surface area contributed by atoms with Gasteiger partial charge in [0.05, 0.1) is 34.0 Å². The fraction of sp³-hybridized carbons (Fsp3) is 0.476. The Kier molecular flexibility index (Phi) is 7.71. The van der Waals surface area contributed by atoms with E-state index in [0.717, 1.165) is 31.0 Å². The number of ether oxygens (including phenoxy) is 1. The molecule has 1 heterocycles. The zero-order valence-corrected chi connectivity index (χ0v) is 18.7. The Labute approximate surface area is 193 Å². The van der Waals surface area contributed by atoms with Gasteiger partial charge in [-0.25, -0.2) is 4.79 Å². The Hall–Kier alpha value is -2.26. The summed E-state index contributed by atoms with van der Waals surface area (Å²) in [5, 5.41) is 7.14. The molecule has 0 radical (unpaired) electrons. The first kappa shape index (κ1) is 24.4. The summed E-state index contributed by atoms with van der Waals surface area (Å²) in [6.07, 6.45) is -0.413. The van der Waals surface area contributed by atoms with Crippen LogP contribution in [0.3, 0.4) is 0 Å². The number of esters is 1. The molecule has 0 unspecified atom stereocenters. The summed E-state index contributed by atoms with van der Waals surface area (Å²) in [5.41, 5.74) is -0.914. The molecule has 0 saturated heterocycles. The monoisotopic (exact) mass is 491 g/mol. The van der Waals surface area contributed by atoms with Crippen molar-refractivity contribution in [3.05, 3.63) is 51.3 Å². The van der Waals surface area contributed by atoms with E-state index in [-0.39, 0.29) is 39.9 Å². The van der Waals surface area contributed by atoms with Crippen LogP contribution in [0.25, 0.3) is 0 Å². The zero-order valence-electron chi connectivity index (χ0n) is 17.2. The number of rotatable bonds is 6. The fourth-order valence-corrected chi connectivity index (χ4v) is 4.20. The van der Waals surface area contributed by atoms with Gasteiger partial charge in [0.15, 0.2) is 5.69 Å². The first-order valence-corrected chi connectivity index (χ1v) is 10.9. The van der Waals surface area contributed by atoms with E-state index in [9.17, 15) is 22.8 Å². The molecule has 2 aromatic rings. The van der Waals surface area contributed by atoms with Crippen LogP contribution in [-0.2, 0) is 17.5 Å². The summed E-state index contributed by atoms with van der Waals surface area (Å²) >= 11 is 12.0. The van der Waals surface area contributed by atoms with Gasteiger partial charge in [0, 0.05) is 12.6 Å². The first-order chi connectivity index (χ1) is 15.1. The van der Waals surface area contributed by atoms with Gasteiger partial charge in [-0.15, -0.1) is 0 Å². The molecule has 1 aliphatic carbocycles. The molecule has 1 aromatic heterocycles. The van der Waals surface area contributed by atoms with Gasteiger partial charge >= 0.3 is 12.1 Å². The van der Waals surface area contributed by atoms with Crippen molar-refractivity contribution in [1.82, 2.24) is 15.1 Å². The van der Waals surface area contributed by atoms with Gasteiger partial charge in [-0.1, -0.05) is 23.2 Å². The lowest BCUT2D eigenvalue weighted by molar-refractivity contribution is -0.137. The van der Waals surface area contributed by atoms with Crippen LogP contribution < -0.4 is 5.32 Å². The molecule has 3 rings (SSSR count). The number of alkyl halides is 3. The molecule has 6 nitrogen and oxygen atoms in total. The van der Waals surface area contributed by atoms with Crippen LogP contribution in [0.15, 0.2) is 24.4 Å². The van der Waals surface area contributed by atoms with Crippen molar-refractivity contribution >= 4 is 35.1 Å². The lowest BCUT2D eigenvalue weighted by atomic mass is 9.86. The minimum absolute atomic E-state index is 0.0359. The van der Waals surface area contributed by atoms with Crippen molar-refractivity contribution in [3.63, 3.8) is 0 Å². The summed E-state index contributed by atoms with van der Waals surface area (Å²) in [6.45, 7) is 2.40. The molecule has 1 amide bonds. The van der Waals surface area contributed by atoms with E-state index in [0.29, 0.717) is 19.4 Å². The molecule has 1 N–H and O–H groups in total. The number of hydrogen-bond acceptors (Lipinski definition) is 4. The zero-order chi connectivity index (χ0) is 23.5. The van der Waals surface area contributed by atoms with Gasteiger partial charge in [0.2, 0.25) is 0 Å². The average molecular weight is 492 g/mol.